The number of aliphatic hydroxyl groups excluding tert-OH is 2. The summed E-state index contributed by atoms with van der Waals surface area (Å²) < 4.78 is 0. The van der Waals surface area contributed by atoms with Gasteiger partial charge in [0.05, 0.1) is 12.2 Å². The van der Waals surface area contributed by atoms with Crippen molar-refractivity contribution in [3.05, 3.63) is 0 Å². The van der Waals surface area contributed by atoms with E-state index in [1.54, 1.807) is 0 Å². The van der Waals surface area contributed by atoms with Gasteiger partial charge < -0.3 is 10.2 Å². The number of aliphatic hydroxyl groups is 2. The Labute approximate surface area is 126 Å². The largest absolute Gasteiger partial charge is 0.393 e. The Morgan fingerprint density at radius 1 is 1.19 bits per heavy atom. The number of carbonyl (C=O) groups is 2. The van der Waals surface area contributed by atoms with Crippen LogP contribution in [0.2, 0.25) is 0 Å². The van der Waals surface area contributed by atoms with Crippen LogP contribution in [-0.2, 0) is 9.59 Å². The summed E-state index contributed by atoms with van der Waals surface area (Å²) in [6.07, 6.45) is 1.71. The van der Waals surface area contributed by atoms with Crippen LogP contribution >= 0.6 is 0 Å². The van der Waals surface area contributed by atoms with Crippen LogP contribution in [0.5, 0.6) is 0 Å². The Morgan fingerprint density at radius 3 is 2.33 bits per heavy atom. The highest BCUT2D eigenvalue weighted by Crippen LogP contribution is 2.37. The van der Waals surface area contributed by atoms with Gasteiger partial charge in [0.15, 0.2) is 0 Å². The Kier molecular flexibility index (Phi) is 5.04. The first-order valence-electron chi connectivity index (χ1n) is 7.95. The van der Waals surface area contributed by atoms with Crippen LogP contribution < -0.4 is 0 Å². The molecule has 2 N–H and O–H groups in total. The van der Waals surface area contributed by atoms with E-state index in [2.05, 4.69) is 6.92 Å². The summed E-state index contributed by atoms with van der Waals surface area (Å²) in [5.41, 5.74) is 0. The van der Waals surface area contributed by atoms with Gasteiger partial charge >= 0.3 is 0 Å². The Morgan fingerprint density at radius 2 is 1.76 bits per heavy atom. The lowest BCUT2D eigenvalue weighted by Crippen LogP contribution is -2.44. The van der Waals surface area contributed by atoms with E-state index in [-0.39, 0.29) is 29.6 Å². The lowest BCUT2D eigenvalue weighted by molar-refractivity contribution is -0.149. The molecular weight excluding hydrogens is 270 g/mol. The van der Waals surface area contributed by atoms with Gasteiger partial charge in [-0.3, -0.25) is 14.5 Å². The molecule has 0 aromatic rings. The zero-order valence-corrected chi connectivity index (χ0v) is 13.2. The summed E-state index contributed by atoms with van der Waals surface area (Å²) in [5, 5.41) is 20.8. The topological polar surface area (TPSA) is 77.8 Å². The predicted octanol–water partition coefficient (Wildman–Crippen LogP) is 1.18. The second kappa shape index (κ2) is 6.44. The maximum Gasteiger partial charge on any atom is 0.229 e. The first-order valence-corrected chi connectivity index (χ1v) is 7.95. The highest BCUT2D eigenvalue weighted by molar-refractivity contribution is 5.97. The molecule has 5 heteroatoms. The third-order valence-corrected chi connectivity index (χ3v) is 5.21. The zero-order chi connectivity index (χ0) is 15.7. The van der Waals surface area contributed by atoms with E-state index in [9.17, 15) is 19.8 Å². The minimum atomic E-state index is -0.640. The summed E-state index contributed by atoms with van der Waals surface area (Å²) in [6, 6.07) is 0. The van der Waals surface area contributed by atoms with Crippen molar-refractivity contribution in [1.82, 2.24) is 4.90 Å². The average Bonchev–Trinajstić information content (AvgIpc) is 2.39. The van der Waals surface area contributed by atoms with Gasteiger partial charge in [-0.25, -0.2) is 0 Å². The van der Waals surface area contributed by atoms with E-state index in [0.717, 1.165) is 12.8 Å². The molecule has 0 radical (unpaired) electrons. The molecule has 1 saturated carbocycles. The Hall–Kier alpha value is -0.940. The maximum atomic E-state index is 11.7. The van der Waals surface area contributed by atoms with Gasteiger partial charge in [0.25, 0.3) is 0 Å². The Bertz CT molecular complexity index is 393. The SMILES string of the molecule is CC1CC(C)[C@H](O)C([C@H](O)CC2CC(=O)N(C)C(=O)C2)C1. The molecule has 1 saturated heterocycles. The van der Waals surface area contributed by atoms with Crippen molar-refractivity contribution in [3.63, 3.8) is 0 Å². The number of hydrogen-bond donors (Lipinski definition) is 2. The van der Waals surface area contributed by atoms with Gasteiger partial charge in [0.1, 0.15) is 0 Å². The van der Waals surface area contributed by atoms with E-state index in [1.165, 1.54) is 11.9 Å². The van der Waals surface area contributed by atoms with Crippen molar-refractivity contribution in [2.24, 2.45) is 23.7 Å². The lowest BCUT2D eigenvalue weighted by Gasteiger charge is -2.40. The number of nitrogens with zero attached hydrogens (tertiary/aromatic N) is 1. The van der Waals surface area contributed by atoms with E-state index in [1.807, 2.05) is 6.92 Å². The van der Waals surface area contributed by atoms with Gasteiger partial charge in [-0.15, -0.1) is 0 Å². The molecule has 1 heterocycles. The van der Waals surface area contributed by atoms with Gasteiger partial charge in [0, 0.05) is 25.8 Å². The van der Waals surface area contributed by atoms with Crippen LogP contribution in [0, 0.1) is 23.7 Å². The standard InChI is InChI=1S/C16H27NO4/c1-9-4-10(2)16(21)12(5-9)13(18)6-11-7-14(19)17(3)15(20)8-11/h9-13,16,18,21H,4-8H2,1-3H3/t9?,10?,12?,13-,16+/m1/s1. The number of likely N-dealkylation sites (tertiary alicyclic amines) is 1. The minimum Gasteiger partial charge on any atom is -0.393 e. The first-order chi connectivity index (χ1) is 9.79. The van der Waals surface area contributed by atoms with Crippen molar-refractivity contribution in [2.75, 3.05) is 7.05 Å². The predicted molar refractivity (Wildman–Crippen MR) is 78.2 cm³/mol. The summed E-state index contributed by atoms with van der Waals surface area (Å²) in [6.45, 7) is 4.16. The number of carbonyl (C=O) groups excluding carboxylic acids is 2. The summed E-state index contributed by atoms with van der Waals surface area (Å²) in [4.78, 5) is 24.6. The summed E-state index contributed by atoms with van der Waals surface area (Å²) in [7, 11) is 1.51. The van der Waals surface area contributed by atoms with Crippen molar-refractivity contribution in [3.8, 4) is 0 Å². The van der Waals surface area contributed by atoms with Gasteiger partial charge in [-0.05, 0) is 37.0 Å². The molecule has 1 aliphatic heterocycles. The van der Waals surface area contributed by atoms with Crippen LogP contribution in [0.15, 0.2) is 0 Å². The molecule has 120 valence electrons. The maximum absolute atomic E-state index is 11.7. The van der Waals surface area contributed by atoms with Gasteiger partial charge in [-0.1, -0.05) is 13.8 Å². The van der Waals surface area contributed by atoms with E-state index in [4.69, 9.17) is 0 Å². The highest BCUT2D eigenvalue weighted by atomic mass is 16.3. The molecule has 3 unspecified atom stereocenters. The molecule has 2 amide bonds. The number of hydrogen-bond acceptors (Lipinski definition) is 4. The quantitative estimate of drug-likeness (QED) is 0.767. The van der Waals surface area contributed by atoms with Crippen LogP contribution in [0.3, 0.4) is 0 Å². The molecule has 0 aromatic carbocycles. The third-order valence-electron chi connectivity index (χ3n) is 5.21. The summed E-state index contributed by atoms with van der Waals surface area (Å²) >= 11 is 0. The van der Waals surface area contributed by atoms with E-state index < -0.39 is 12.2 Å². The molecule has 2 rings (SSSR count). The molecule has 2 fully saturated rings. The van der Waals surface area contributed by atoms with Crippen molar-refractivity contribution in [1.29, 1.82) is 0 Å². The number of imide groups is 1. The molecule has 21 heavy (non-hydrogen) atoms. The molecule has 1 aliphatic carbocycles. The van der Waals surface area contributed by atoms with E-state index >= 15 is 0 Å². The van der Waals surface area contributed by atoms with Crippen molar-refractivity contribution in [2.45, 2.75) is 58.2 Å². The third kappa shape index (κ3) is 3.64. The molecule has 0 bridgehead atoms. The van der Waals surface area contributed by atoms with E-state index in [0.29, 0.717) is 25.2 Å². The van der Waals surface area contributed by atoms with Gasteiger partial charge in [-0.2, -0.15) is 0 Å². The summed E-state index contributed by atoms with van der Waals surface area (Å²) in [5.74, 6) is 0.0891. The van der Waals surface area contributed by atoms with Gasteiger partial charge in [0.2, 0.25) is 11.8 Å². The fraction of sp³-hybridized carbons (Fsp3) is 0.875. The number of rotatable bonds is 3. The molecule has 0 aromatic heterocycles. The molecule has 2 aliphatic rings. The molecule has 0 spiro atoms. The van der Waals surface area contributed by atoms with Crippen LogP contribution in [0.1, 0.15) is 46.0 Å². The van der Waals surface area contributed by atoms with Crippen LogP contribution in [-0.4, -0.2) is 46.2 Å². The van der Waals surface area contributed by atoms with Crippen LogP contribution in [0.4, 0.5) is 0 Å². The number of piperidine rings is 1. The van der Waals surface area contributed by atoms with Crippen LogP contribution in [0.25, 0.3) is 0 Å². The smallest absolute Gasteiger partial charge is 0.229 e. The fourth-order valence-electron chi connectivity index (χ4n) is 3.94. The molecule has 5 nitrogen and oxygen atoms in total. The monoisotopic (exact) mass is 297 g/mol. The zero-order valence-electron chi connectivity index (χ0n) is 13.2. The normalized spacial score (nSPS) is 36.9. The number of amides is 2. The lowest BCUT2D eigenvalue weighted by atomic mass is 9.70. The Balaban J connectivity index is 1.96. The van der Waals surface area contributed by atoms with Crippen molar-refractivity contribution >= 4 is 11.8 Å². The molecular formula is C16H27NO4. The second-order valence-corrected chi connectivity index (χ2v) is 7.13. The first kappa shape index (κ1) is 16.4. The second-order valence-electron chi connectivity index (χ2n) is 7.13. The average molecular weight is 297 g/mol. The highest BCUT2D eigenvalue weighted by Gasteiger charge is 2.39. The minimum absolute atomic E-state index is 0.101. The fourth-order valence-corrected chi connectivity index (χ4v) is 3.94. The molecule has 5 atom stereocenters. The van der Waals surface area contributed by atoms with Crippen molar-refractivity contribution < 1.29 is 19.8 Å².